The first kappa shape index (κ1) is 19.7. The largest absolute Gasteiger partial charge is 0.448 e. The summed E-state index contributed by atoms with van der Waals surface area (Å²) in [5, 5.41) is 1.93. The van der Waals surface area contributed by atoms with Gasteiger partial charge in [-0.25, -0.2) is 9.69 Å². The number of thiophene rings is 1. The van der Waals surface area contributed by atoms with Gasteiger partial charge in [0.1, 0.15) is 12.6 Å². The third kappa shape index (κ3) is 3.97. The van der Waals surface area contributed by atoms with Crippen molar-refractivity contribution in [2.45, 2.75) is 57.5 Å². The first-order valence-corrected chi connectivity index (χ1v) is 12.1. The Morgan fingerprint density at radius 2 is 2.04 bits per heavy atom. The zero-order valence-electron chi connectivity index (χ0n) is 15.0. The summed E-state index contributed by atoms with van der Waals surface area (Å²) in [6.45, 7) is 6.47. The van der Waals surface area contributed by atoms with Gasteiger partial charge >= 0.3 is 6.09 Å². The predicted octanol–water partition coefficient (Wildman–Crippen LogP) is 4.18. The minimum atomic E-state index is -1.96. The van der Waals surface area contributed by atoms with Crippen molar-refractivity contribution in [1.29, 1.82) is 0 Å². The Bertz CT molecular complexity index is 628. The molecule has 0 spiro atoms. The number of β-lactam (4-membered cyclic amide) rings is 1. The Balaban J connectivity index is 2.19. The van der Waals surface area contributed by atoms with Crippen LogP contribution in [0.15, 0.2) is 17.5 Å². The molecule has 0 bridgehead atoms. The molecule has 7 heteroatoms. The highest BCUT2D eigenvalue weighted by molar-refractivity contribution is 7.10. The van der Waals surface area contributed by atoms with Crippen LogP contribution in [0.1, 0.15) is 38.1 Å². The molecule has 2 amide bonds. The Kier molecular flexibility index (Phi) is 6.82. The quantitative estimate of drug-likeness (QED) is 0.294. The monoisotopic (exact) mass is 379 g/mol. The Labute approximate surface area is 154 Å². The number of ether oxygens (including phenoxy) is 1. The Morgan fingerprint density at radius 3 is 2.56 bits per heavy atom. The molecule has 136 valence electrons. The van der Waals surface area contributed by atoms with Crippen LogP contribution in [0.25, 0.3) is 0 Å². The van der Waals surface area contributed by atoms with Gasteiger partial charge in [-0.3, -0.25) is 4.79 Å². The molecule has 1 aromatic heterocycles. The SMILES string of the molecule is C#CCCOC(=O)N1C(=O)[C@@H](O[Si](CC)(CC)CC)[C@H]1c1cccs1. The Hall–Kier alpha value is -1.62. The third-order valence-corrected chi connectivity index (χ3v) is 10.4. The van der Waals surface area contributed by atoms with Crippen molar-refractivity contribution in [3.05, 3.63) is 22.4 Å². The minimum Gasteiger partial charge on any atom is -0.448 e. The van der Waals surface area contributed by atoms with Gasteiger partial charge in [-0.1, -0.05) is 26.8 Å². The summed E-state index contributed by atoms with van der Waals surface area (Å²) in [6, 6.07) is 6.29. The first-order valence-electron chi connectivity index (χ1n) is 8.68. The van der Waals surface area contributed by atoms with E-state index in [1.807, 2.05) is 17.5 Å². The van der Waals surface area contributed by atoms with Gasteiger partial charge in [-0.2, -0.15) is 0 Å². The van der Waals surface area contributed by atoms with Crippen LogP contribution < -0.4 is 0 Å². The van der Waals surface area contributed by atoms with E-state index in [2.05, 4.69) is 26.7 Å². The highest BCUT2D eigenvalue weighted by Crippen LogP contribution is 2.42. The van der Waals surface area contributed by atoms with Gasteiger partial charge in [-0.15, -0.1) is 23.7 Å². The van der Waals surface area contributed by atoms with E-state index in [4.69, 9.17) is 15.6 Å². The summed E-state index contributed by atoms with van der Waals surface area (Å²) < 4.78 is 11.5. The van der Waals surface area contributed by atoms with Crippen LogP contribution in [0.4, 0.5) is 4.79 Å². The van der Waals surface area contributed by atoms with Crippen LogP contribution in [-0.4, -0.2) is 37.9 Å². The number of hydrogen-bond acceptors (Lipinski definition) is 5. The average molecular weight is 380 g/mol. The number of likely N-dealkylation sites (tertiary alicyclic amines) is 1. The van der Waals surface area contributed by atoms with Crippen molar-refractivity contribution in [2.75, 3.05) is 6.61 Å². The lowest BCUT2D eigenvalue weighted by Crippen LogP contribution is -2.64. The molecule has 1 saturated heterocycles. The van der Waals surface area contributed by atoms with Crippen LogP contribution in [0.2, 0.25) is 18.1 Å². The molecule has 2 rings (SSSR count). The molecule has 1 fully saturated rings. The summed E-state index contributed by atoms with van der Waals surface area (Å²) in [7, 11) is -1.96. The van der Waals surface area contributed by atoms with E-state index in [0.29, 0.717) is 6.42 Å². The zero-order chi connectivity index (χ0) is 18.4. The number of rotatable bonds is 8. The molecular formula is C18H25NO4SSi. The average Bonchev–Trinajstić information content (AvgIpc) is 3.15. The van der Waals surface area contributed by atoms with E-state index < -0.39 is 26.6 Å². The van der Waals surface area contributed by atoms with Gasteiger partial charge in [-0.05, 0) is 29.6 Å². The molecule has 1 aliphatic heterocycles. The molecule has 0 unspecified atom stereocenters. The number of carbonyl (C=O) groups is 2. The maximum Gasteiger partial charge on any atom is 0.417 e. The number of amides is 2. The van der Waals surface area contributed by atoms with Crippen molar-refractivity contribution in [3.8, 4) is 12.3 Å². The highest BCUT2D eigenvalue weighted by Gasteiger charge is 2.55. The highest BCUT2D eigenvalue weighted by atomic mass is 32.1. The van der Waals surface area contributed by atoms with Crippen molar-refractivity contribution in [3.63, 3.8) is 0 Å². The summed E-state index contributed by atoms with van der Waals surface area (Å²) in [4.78, 5) is 27.1. The van der Waals surface area contributed by atoms with Gasteiger partial charge in [0.15, 0.2) is 14.4 Å². The molecule has 25 heavy (non-hydrogen) atoms. The molecular weight excluding hydrogens is 354 g/mol. The van der Waals surface area contributed by atoms with Gasteiger partial charge in [0.25, 0.3) is 5.91 Å². The molecule has 0 saturated carbocycles. The number of nitrogens with zero attached hydrogens (tertiary/aromatic N) is 1. The molecule has 0 radical (unpaired) electrons. The minimum absolute atomic E-state index is 0.110. The normalized spacial score (nSPS) is 20.1. The lowest BCUT2D eigenvalue weighted by Gasteiger charge is -2.47. The van der Waals surface area contributed by atoms with Crippen molar-refractivity contribution >= 4 is 31.7 Å². The molecule has 0 aromatic carbocycles. The van der Waals surface area contributed by atoms with Crippen molar-refractivity contribution in [2.24, 2.45) is 0 Å². The fourth-order valence-electron chi connectivity index (χ4n) is 3.05. The maximum absolute atomic E-state index is 12.7. The molecule has 0 aliphatic carbocycles. The first-order chi connectivity index (χ1) is 12.0. The third-order valence-electron chi connectivity index (χ3n) is 4.86. The second-order valence-electron chi connectivity index (χ2n) is 6.02. The van der Waals surface area contributed by atoms with E-state index in [0.717, 1.165) is 23.0 Å². The smallest absolute Gasteiger partial charge is 0.417 e. The van der Waals surface area contributed by atoms with E-state index in [1.54, 1.807) is 0 Å². The van der Waals surface area contributed by atoms with Crippen LogP contribution in [0, 0.1) is 12.3 Å². The Morgan fingerprint density at radius 1 is 1.36 bits per heavy atom. The van der Waals surface area contributed by atoms with E-state index in [-0.39, 0.29) is 12.5 Å². The number of carbonyl (C=O) groups excluding carboxylic acids is 2. The second kappa shape index (κ2) is 8.65. The molecule has 2 heterocycles. The fourth-order valence-corrected chi connectivity index (χ4v) is 6.66. The summed E-state index contributed by atoms with van der Waals surface area (Å²) in [5.74, 6) is 2.10. The lowest BCUT2D eigenvalue weighted by molar-refractivity contribution is -0.160. The van der Waals surface area contributed by atoms with Crippen molar-refractivity contribution in [1.82, 2.24) is 4.90 Å². The molecule has 1 aromatic rings. The topological polar surface area (TPSA) is 55.8 Å². The van der Waals surface area contributed by atoms with Crippen LogP contribution in [0.5, 0.6) is 0 Å². The van der Waals surface area contributed by atoms with Gasteiger partial charge in [0, 0.05) is 11.3 Å². The molecule has 0 N–H and O–H groups in total. The van der Waals surface area contributed by atoms with Crippen LogP contribution in [0.3, 0.4) is 0 Å². The number of hydrogen-bond donors (Lipinski definition) is 0. The number of terminal acetylenes is 1. The van der Waals surface area contributed by atoms with Crippen molar-refractivity contribution < 1.29 is 18.8 Å². The lowest BCUT2D eigenvalue weighted by atomic mass is 9.97. The second-order valence-corrected chi connectivity index (χ2v) is 11.7. The van der Waals surface area contributed by atoms with Gasteiger partial charge in [0.05, 0.1) is 0 Å². The maximum atomic E-state index is 12.7. The molecule has 1 aliphatic rings. The molecule has 5 nitrogen and oxygen atoms in total. The van der Waals surface area contributed by atoms with E-state index >= 15 is 0 Å². The van der Waals surface area contributed by atoms with E-state index in [1.165, 1.54) is 16.2 Å². The summed E-state index contributed by atoms with van der Waals surface area (Å²) in [5.41, 5.74) is 0. The zero-order valence-corrected chi connectivity index (χ0v) is 16.8. The van der Waals surface area contributed by atoms with E-state index in [9.17, 15) is 9.59 Å². The van der Waals surface area contributed by atoms with Gasteiger partial charge < -0.3 is 9.16 Å². The van der Waals surface area contributed by atoms with Gasteiger partial charge in [0.2, 0.25) is 0 Å². The fraction of sp³-hybridized carbons (Fsp3) is 0.556. The standard InChI is InChI=1S/C18H25NO4SSi/c1-5-9-12-22-18(21)19-15(14-11-10-13-24-14)16(17(19)20)23-25(6-2,7-3)8-4/h1,10-11,13,15-16H,6-9,12H2,2-4H3/t15-,16+/m1/s1. The van der Waals surface area contributed by atoms with Crippen LogP contribution >= 0.6 is 11.3 Å². The summed E-state index contributed by atoms with van der Waals surface area (Å²) in [6.07, 6.45) is 4.26. The summed E-state index contributed by atoms with van der Waals surface area (Å²) >= 11 is 1.51. The molecule has 2 atom stereocenters. The predicted molar refractivity (Wildman–Crippen MR) is 101 cm³/mol. The van der Waals surface area contributed by atoms with Crippen LogP contribution in [-0.2, 0) is 14.0 Å². The number of imide groups is 1.